The van der Waals surface area contributed by atoms with Crippen molar-refractivity contribution in [1.82, 2.24) is 13.8 Å². The maximum Gasteiger partial charge on any atom is 0.253 e. The molecule has 0 unspecified atom stereocenters. The molecule has 1 fully saturated rings. The van der Waals surface area contributed by atoms with Crippen LogP contribution in [0.4, 0.5) is 0 Å². The molecule has 1 aromatic heterocycles. The molecule has 30 heavy (non-hydrogen) atoms. The van der Waals surface area contributed by atoms with Crippen LogP contribution in [0.25, 0.3) is 10.9 Å². The number of aromatic nitrogens is 1. The maximum absolute atomic E-state index is 13.1. The molecule has 1 saturated heterocycles. The third-order valence-corrected chi connectivity index (χ3v) is 7.61. The SMILES string of the molecule is CCCn1ccc2cc(S(=O)(=O)N3CCN(C(=O)c4ccc(Cl)cc4)CC3)ccc21. The van der Waals surface area contributed by atoms with Crippen LogP contribution in [0.15, 0.2) is 59.6 Å². The van der Waals surface area contributed by atoms with Crippen molar-refractivity contribution in [1.29, 1.82) is 0 Å². The fourth-order valence-electron chi connectivity index (χ4n) is 3.83. The number of sulfonamides is 1. The van der Waals surface area contributed by atoms with E-state index in [0.29, 0.717) is 28.6 Å². The number of hydrogen-bond acceptors (Lipinski definition) is 3. The Labute approximate surface area is 181 Å². The lowest BCUT2D eigenvalue weighted by Crippen LogP contribution is -2.50. The minimum absolute atomic E-state index is 0.109. The van der Waals surface area contributed by atoms with Crippen molar-refractivity contribution in [3.8, 4) is 0 Å². The molecular weight excluding hydrogens is 422 g/mol. The average Bonchev–Trinajstić information content (AvgIpc) is 3.16. The Bertz CT molecular complexity index is 1160. The lowest BCUT2D eigenvalue weighted by atomic mass is 10.2. The summed E-state index contributed by atoms with van der Waals surface area (Å²) < 4.78 is 29.9. The zero-order valence-electron chi connectivity index (χ0n) is 16.8. The van der Waals surface area contributed by atoms with Gasteiger partial charge >= 0.3 is 0 Å². The van der Waals surface area contributed by atoms with E-state index in [1.165, 1.54) is 4.31 Å². The molecule has 158 valence electrons. The van der Waals surface area contributed by atoms with E-state index in [2.05, 4.69) is 11.5 Å². The van der Waals surface area contributed by atoms with Gasteiger partial charge in [-0.15, -0.1) is 0 Å². The Morgan fingerprint density at radius 2 is 1.70 bits per heavy atom. The third kappa shape index (κ3) is 3.97. The molecule has 1 aliphatic rings. The normalized spacial score (nSPS) is 15.6. The standard InChI is InChI=1S/C22H24ClN3O3S/c1-2-10-24-11-9-18-16-20(7-8-21(18)24)30(28,29)26-14-12-25(13-15-26)22(27)17-3-5-19(23)6-4-17/h3-9,11,16H,2,10,12-15H2,1H3. The van der Waals surface area contributed by atoms with E-state index >= 15 is 0 Å². The predicted molar refractivity (Wildman–Crippen MR) is 118 cm³/mol. The summed E-state index contributed by atoms with van der Waals surface area (Å²) in [5.41, 5.74) is 1.59. The number of carbonyl (C=O) groups is 1. The van der Waals surface area contributed by atoms with Gasteiger partial charge in [-0.25, -0.2) is 8.42 Å². The molecule has 1 amide bonds. The van der Waals surface area contributed by atoms with Crippen LogP contribution in [0.1, 0.15) is 23.7 Å². The van der Waals surface area contributed by atoms with Crippen LogP contribution in [-0.2, 0) is 16.6 Å². The van der Waals surface area contributed by atoms with Crippen LogP contribution < -0.4 is 0 Å². The second-order valence-electron chi connectivity index (χ2n) is 7.43. The topological polar surface area (TPSA) is 62.6 Å². The van der Waals surface area contributed by atoms with Crippen molar-refractivity contribution in [3.63, 3.8) is 0 Å². The Balaban J connectivity index is 1.47. The summed E-state index contributed by atoms with van der Waals surface area (Å²) in [6.45, 7) is 4.28. The molecular formula is C22H24ClN3O3S. The largest absolute Gasteiger partial charge is 0.347 e. The van der Waals surface area contributed by atoms with Gasteiger partial charge in [0.25, 0.3) is 5.91 Å². The number of nitrogens with zero attached hydrogens (tertiary/aromatic N) is 3. The second kappa shape index (κ2) is 8.41. The van der Waals surface area contributed by atoms with E-state index in [4.69, 9.17) is 11.6 Å². The summed E-state index contributed by atoms with van der Waals surface area (Å²) in [5.74, 6) is -0.109. The molecule has 0 N–H and O–H groups in total. The minimum Gasteiger partial charge on any atom is -0.347 e. The highest BCUT2D eigenvalue weighted by Crippen LogP contribution is 2.24. The first-order valence-electron chi connectivity index (χ1n) is 10.0. The molecule has 0 spiro atoms. The number of amides is 1. The predicted octanol–water partition coefficient (Wildman–Crippen LogP) is 3.85. The average molecular weight is 446 g/mol. The molecule has 4 rings (SSSR count). The summed E-state index contributed by atoms with van der Waals surface area (Å²) in [4.78, 5) is 14.6. The highest BCUT2D eigenvalue weighted by Gasteiger charge is 2.30. The third-order valence-electron chi connectivity index (χ3n) is 5.46. The van der Waals surface area contributed by atoms with Crippen LogP contribution in [0.2, 0.25) is 5.02 Å². The smallest absolute Gasteiger partial charge is 0.253 e. The van der Waals surface area contributed by atoms with Gasteiger partial charge in [0.05, 0.1) is 4.90 Å². The molecule has 6 nitrogen and oxygen atoms in total. The van der Waals surface area contributed by atoms with Gasteiger partial charge in [0, 0.05) is 60.4 Å². The van der Waals surface area contributed by atoms with Crippen LogP contribution in [0.5, 0.6) is 0 Å². The van der Waals surface area contributed by atoms with Crippen molar-refractivity contribution in [2.24, 2.45) is 0 Å². The first-order valence-corrected chi connectivity index (χ1v) is 11.9. The molecule has 0 bridgehead atoms. The van der Waals surface area contributed by atoms with Crippen molar-refractivity contribution in [3.05, 3.63) is 65.3 Å². The van der Waals surface area contributed by atoms with Crippen molar-refractivity contribution in [2.45, 2.75) is 24.8 Å². The Morgan fingerprint density at radius 1 is 1.00 bits per heavy atom. The highest BCUT2D eigenvalue weighted by atomic mass is 35.5. The fraction of sp³-hybridized carbons (Fsp3) is 0.318. The molecule has 3 aromatic rings. The quantitative estimate of drug-likeness (QED) is 0.599. The fourth-order valence-corrected chi connectivity index (χ4v) is 5.41. The number of fused-ring (bicyclic) bond motifs is 1. The number of hydrogen-bond donors (Lipinski definition) is 0. The van der Waals surface area contributed by atoms with E-state index in [0.717, 1.165) is 23.9 Å². The van der Waals surface area contributed by atoms with Gasteiger partial charge in [0.15, 0.2) is 0 Å². The van der Waals surface area contributed by atoms with Crippen molar-refractivity contribution < 1.29 is 13.2 Å². The number of halogens is 1. The molecule has 0 atom stereocenters. The van der Waals surface area contributed by atoms with Crippen molar-refractivity contribution in [2.75, 3.05) is 26.2 Å². The van der Waals surface area contributed by atoms with E-state index in [1.54, 1.807) is 41.3 Å². The highest BCUT2D eigenvalue weighted by molar-refractivity contribution is 7.89. The Hall–Kier alpha value is -2.35. The van der Waals surface area contributed by atoms with Crippen LogP contribution >= 0.6 is 11.6 Å². The first kappa shape index (κ1) is 20.9. The monoisotopic (exact) mass is 445 g/mol. The van der Waals surface area contributed by atoms with E-state index < -0.39 is 10.0 Å². The zero-order chi connectivity index (χ0) is 21.3. The summed E-state index contributed by atoms with van der Waals surface area (Å²) in [7, 11) is -3.61. The number of aryl methyl sites for hydroxylation is 1. The van der Waals surface area contributed by atoms with Gasteiger partial charge in [-0.05, 0) is 55.0 Å². The molecule has 1 aliphatic heterocycles. The number of piperazine rings is 1. The summed E-state index contributed by atoms with van der Waals surface area (Å²) in [6, 6.07) is 14.0. The van der Waals surface area contributed by atoms with Gasteiger partial charge in [0.2, 0.25) is 10.0 Å². The lowest BCUT2D eigenvalue weighted by molar-refractivity contribution is 0.0698. The van der Waals surface area contributed by atoms with Gasteiger partial charge in [0.1, 0.15) is 0 Å². The Kier molecular flexibility index (Phi) is 5.86. The number of benzene rings is 2. The zero-order valence-corrected chi connectivity index (χ0v) is 18.4. The van der Waals surface area contributed by atoms with E-state index in [-0.39, 0.29) is 19.0 Å². The van der Waals surface area contributed by atoms with Crippen molar-refractivity contribution >= 4 is 38.4 Å². The second-order valence-corrected chi connectivity index (χ2v) is 9.81. The lowest BCUT2D eigenvalue weighted by Gasteiger charge is -2.34. The first-order chi connectivity index (χ1) is 14.4. The molecule has 2 heterocycles. The van der Waals surface area contributed by atoms with Crippen LogP contribution in [-0.4, -0.2) is 54.3 Å². The molecule has 0 radical (unpaired) electrons. The van der Waals surface area contributed by atoms with Gasteiger partial charge in [-0.3, -0.25) is 4.79 Å². The minimum atomic E-state index is -3.61. The van der Waals surface area contributed by atoms with Gasteiger partial charge in [-0.1, -0.05) is 18.5 Å². The summed E-state index contributed by atoms with van der Waals surface area (Å²) >= 11 is 5.88. The number of rotatable bonds is 5. The molecule has 0 saturated carbocycles. The van der Waals surface area contributed by atoms with Gasteiger partial charge < -0.3 is 9.47 Å². The van der Waals surface area contributed by atoms with Gasteiger partial charge in [-0.2, -0.15) is 4.31 Å². The summed E-state index contributed by atoms with van der Waals surface area (Å²) in [5, 5.41) is 1.49. The maximum atomic E-state index is 13.1. The molecule has 2 aromatic carbocycles. The number of carbonyl (C=O) groups excluding carboxylic acids is 1. The van der Waals surface area contributed by atoms with E-state index in [1.807, 2.05) is 18.3 Å². The molecule has 8 heteroatoms. The van der Waals surface area contributed by atoms with Crippen LogP contribution in [0, 0.1) is 0 Å². The van der Waals surface area contributed by atoms with Crippen LogP contribution in [0.3, 0.4) is 0 Å². The Morgan fingerprint density at radius 3 is 2.37 bits per heavy atom. The summed E-state index contributed by atoms with van der Waals surface area (Å²) in [6.07, 6.45) is 3.01. The molecule has 0 aliphatic carbocycles. The van der Waals surface area contributed by atoms with E-state index in [9.17, 15) is 13.2 Å².